The zero-order valence-electron chi connectivity index (χ0n) is 13.4. The first-order valence-corrected chi connectivity index (χ1v) is 7.84. The molecule has 1 fully saturated rings. The minimum Gasteiger partial charge on any atom is -0.385 e. The molecule has 0 radical (unpaired) electrons. The normalized spacial score (nSPS) is 17.2. The molecule has 1 N–H and O–H groups in total. The molecule has 1 saturated heterocycles. The van der Waals surface area contributed by atoms with Crippen molar-refractivity contribution in [3.05, 3.63) is 0 Å². The SMILES string of the molecule is CCNC(=NCCCOC)N(C)CCC1CCOCC1. The van der Waals surface area contributed by atoms with E-state index in [-0.39, 0.29) is 0 Å². The summed E-state index contributed by atoms with van der Waals surface area (Å²) in [5.74, 6) is 1.82. The van der Waals surface area contributed by atoms with Gasteiger partial charge in [-0.05, 0) is 38.5 Å². The molecule has 0 spiro atoms. The maximum atomic E-state index is 5.41. The lowest BCUT2D eigenvalue weighted by molar-refractivity contribution is 0.0625. The molecular weight excluding hydrogens is 254 g/mol. The molecule has 20 heavy (non-hydrogen) atoms. The van der Waals surface area contributed by atoms with Gasteiger partial charge in [0.05, 0.1) is 0 Å². The molecular formula is C15H31N3O2. The fourth-order valence-electron chi connectivity index (χ4n) is 2.38. The Hall–Kier alpha value is -0.810. The molecule has 1 aliphatic heterocycles. The van der Waals surface area contributed by atoms with Crippen LogP contribution >= 0.6 is 0 Å². The molecule has 1 rings (SSSR count). The van der Waals surface area contributed by atoms with E-state index in [1.807, 2.05) is 0 Å². The number of ether oxygens (including phenoxy) is 2. The van der Waals surface area contributed by atoms with Crippen molar-refractivity contribution in [2.45, 2.75) is 32.6 Å². The smallest absolute Gasteiger partial charge is 0.193 e. The fourth-order valence-corrected chi connectivity index (χ4v) is 2.38. The Balaban J connectivity index is 2.31. The van der Waals surface area contributed by atoms with Gasteiger partial charge in [-0.2, -0.15) is 0 Å². The maximum absolute atomic E-state index is 5.41. The molecule has 0 bridgehead atoms. The van der Waals surface area contributed by atoms with Gasteiger partial charge in [-0.15, -0.1) is 0 Å². The topological polar surface area (TPSA) is 46.1 Å². The van der Waals surface area contributed by atoms with Crippen molar-refractivity contribution in [2.75, 3.05) is 53.6 Å². The summed E-state index contributed by atoms with van der Waals surface area (Å²) in [4.78, 5) is 6.88. The van der Waals surface area contributed by atoms with Crippen LogP contribution < -0.4 is 5.32 Å². The minimum atomic E-state index is 0.773. The van der Waals surface area contributed by atoms with E-state index in [0.29, 0.717) is 0 Å². The van der Waals surface area contributed by atoms with Crippen molar-refractivity contribution in [1.82, 2.24) is 10.2 Å². The van der Waals surface area contributed by atoms with Crippen LogP contribution in [0.1, 0.15) is 32.6 Å². The molecule has 5 heteroatoms. The van der Waals surface area contributed by atoms with Crippen LogP contribution in [-0.2, 0) is 9.47 Å². The molecule has 0 aromatic carbocycles. The maximum Gasteiger partial charge on any atom is 0.193 e. The standard InChI is InChI=1S/C15H31N3O2/c1-4-16-15(17-9-5-11-19-3)18(2)10-6-14-7-12-20-13-8-14/h14H,4-13H2,1-3H3,(H,16,17). The average molecular weight is 285 g/mol. The van der Waals surface area contributed by atoms with Crippen molar-refractivity contribution >= 4 is 5.96 Å². The number of hydrogen-bond donors (Lipinski definition) is 1. The summed E-state index contributed by atoms with van der Waals surface area (Å²) >= 11 is 0. The van der Waals surface area contributed by atoms with Crippen LogP contribution in [0.25, 0.3) is 0 Å². The second-order valence-corrected chi connectivity index (χ2v) is 5.35. The predicted octanol–water partition coefficient (Wildman–Crippen LogP) is 1.74. The highest BCUT2D eigenvalue weighted by molar-refractivity contribution is 5.79. The zero-order valence-corrected chi connectivity index (χ0v) is 13.4. The molecule has 1 heterocycles. The molecule has 0 unspecified atom stereocenters. The van der Waals surface area contributed by atoms with Crippen LogP contribution in [-0.4, -0.2) is 64.5 Å². The molecule has 0 aromatic rings. The van der Waals surface area contributed by atoms with E-state index >= 15 is 0 Å². The van der Waals surface area contributed by atoms with Crippen LogP contribution in [0.2, 0.25) is 0 Å². The number of aliphatic imine (C=N–C) groups is 1. The number of methoxy groups -OCH3 is 1. The van der Waals surface area contributed by atoms with E-state index in [1.54, 1.807) is 7.11 Å². The predicted molar refractivity (Wildman–Crippen MR) is 83.3 cm³/mol. The molecule has 0 saturated carbocycles. The fraction of sp³-hybridized carbons (Fsp3) is 0.933. The number of nitrogens with one attached hydrogen (secondary N) is 1. The molecule has 0 atom stereocenters. The third-order valence-corrected chi connectivity index (χ3v) is 3.68. The summed E-state index contributed by atoms with van der Waals surface area (Å²) in [7, 11) is 3.85. The van der Waals surface area contributed by atoms with Gasteiger partial charge < -0.3 is 19.7 Å². The molecule has 1 aliphatic rings. The van der Waals surface area contributed by atoms with Crippen molar-refractivity contribution in [3.63, 3.8) is 0 Å². The molecule has 5 nitrogen and oxygen atoms in total. The highest BCUT2D eigenvalue weighted by Gasteiger charge is 2.15. The van der Waals surface area contributed by atoms with E-state index in [4.69, 9.17) is 9.47 Å². The Morgan fingerprint density at radius 3 is 2.80 bits per heavy atom. The van der Waals surface area contributed by atoms with Crippen molar-refractivity contribution in [2.24, 2.45) is 10.9 Å². The highest BCUT2D eigenvalue weighted by Crippen LogP contribution is 2.18. The highest BCUT2D eigenvalue weighted by atomic mass is 16.5. The van der Waals surface area contributed by atoms with Crippen LogP contribution in [0.5, 0.6) is 0 Å². The van der Waals surface area contributed by atoms with Crippen LogP contribution in [0, 0.1) is 5.92 Å². The molecule has 118 valence electrons. The lowest BCUT2D eigenvalue weighted by atomic mass is 9.96. The third-order valence-electron chi connectivity index (χ3n) is 3.68. The van der Waals surface area contributed by atoms with E-state index in [2.05, 4.69) is 29.2 Å². The quantitative estimate of drug-likeness (QED) is 0.419. The van der Waals surface area contributed by atoms with Gasteiger partial charge in [0.15, 0.2) is 5.96 Å². The first kappa shape index (κ1) is 17.2. The first-order valence-electron chi connectivity index (χ1n) is 7.84. The van der Waals surface area contributed by atoms with Crippen LogP contribution in [0.3, 0.4) is 0 Å². The van der Waals surface area contributed by atoms with Crippen molar-refractivity contribution < 1.29 is 9.47 Å². The Morgan fingerprint density at radius 2 is 2.15 bits per heavy atom. The summed E-state index contributed by atoms with van der Waals surface area (Å²) in [5.41, 5.74) is 0. The second kappa shape index (κ2) is 10.9. The van der Waals surface area contributed by atoms with Gasteiger partial charge in [0, 0.05) is 53.6 Å². The summed E-state index contributed by atoms with van der Waals surface area (Å²) in [5, 5.41) is 3.36. The van der Waals surface area contributed by atoms with Gasteiger partial charge in [-0.3, -0.25) is 4.99 Å². The summed E-state index contributed by atoms with van der Waals surface area (Å²) in [6, 6.07) is 0. The molecule has 0 aromatic heterocycles. The van der Waals surface area contributed by atoms with Gasteiger partial charge in [-0.1, -0.05) is 0 Å². The van der Waals surface area contributed by atoms with E-state index < -0.39 is 0 Å². The van der Waals surface area contributed by atoms with E-state index in [9.17, 15) is 0 Å². The number of hydrogen-bond acceptors (Lipinski definition) is 3. The minimum absolute atomic E-state index is 0.773. The summed E-state index contributed by atoms with van der Waals surface area (Å²) in [6.45, 7) is 7.52. The number of nitrogens with zero attached hydrogens (tertiary/aromatic N) is 2. The van der Waals surface area contributed by atoms with Crippen LogP contribution in [0.15, 0.2) is 4.99 Å². The Bertz CT molecular complexity index is 266. The number of rotatable bonds is 8. The van der Waals surface area contributed by atoms with Gasteiger partial charge >= 0.3 is 0 Å². The summed E-state index contributed by atoms with van der Waals surface area (Å²) in [6.07, 6.45) is 4.60. The Morgan fingerprint density at radius 1 is 1.40 bits per heavy atom. The van der Waals surface area contributed by atoms with Gasteiger partial charge in [0.1, 0.15) is 0 Å². The lowest BCUT2D eigenvalue weighted by Crippen LogP contribution is -2.40. The van der Waals surface area contributed by atoms with Crippen molar-refractivity contribution in [1.29, 1.82) is 0 Å². The van der Waals surface area contributed by atoms with Crippen LogP contribution in [0.4, 0.5) is 0 Å². The number of guanidine groups is 1. The monoisotopic (exact) mass is 285 g/mol. The second-order valence-electron chi connectivity index (χ2n) is 5.35. The van der Waals surface area contributed by atoms with E-state index in [0.717, 1.165) is 57.8 Å². The van der Waals surface area contributed by atoms with Gasteiger partial charge in [0.2, 0.25) is 0 Å². The Labute approximate surface area is 123 Å². The average Bonchev–Trinajstić information content (AvgIpc) is 2.49. The lowest BCUT2D eigenvalue weighted by Gasteiger charge is -2.26. The van der Waals surface area contributed by atoms with Gasteiger partial charge in [0.25, 0.3) is 0 Å². The van der Waals surface area contributed by atoms with Crippen molar-refractivity contribution in [3.8, 4) is 0 Å². The Kier molecular flexibility index (Phi) is 9.41. The largest absolute Gasteiger partial charge is 0.385 e. The summed E-state index contributed by atoms with van der Waals surface area (Å²) < 4.78 is 10.5. The molecule has 0 aliphatic carbocycles. The zero-order chi connectivity index (χ0) is 14.6. The van der Waals surface area contributed by atoms with E-state index in [1.165, 1.54) is 19.3 Å². The van der Waals surface area contributed by atoms with Gasteiger partial charge in [-0.25, -0.2) is 0 Å². The first-order chi connectivity index (χ1) is 9.77. The third kappa shape index (κ3) is 7.10. The molecule has 0 amide bonds.